The molecule has 5 heteroatoms. The van der Waals surface area contributed by atoms with Crippen molar-refractivity contribution < 1.29 is 4.74 Å². The van der Waals surface area contributed by atoms with E-state index in [0.29, 0.717) is 6.04 Å². The number of nitrogens with one attached hydrogen (secondary N) is 1. The number of fused-ring (bicyclic) bond motifs is 1. The van der Waals surface area contributed by atoms with Crippen LogP contribution in [0.4, 0.5) is 5.95 Å². The van der Waals surface area contributed by atoms with Crippen LogP contribution in [0.1, 0.15) is 50.1 Å². The van der Waals surface area contributed by atoms with E-state index in [4.69, 9.17) is 9.84 Å². The number of nitrogens with zero attached hydrogens (tertiary/aromatic N) is 3. The van der Waals surface area contributed by atoms with Gasteiger partial charge >= 0.3 is 0 Å². The first-order chi connectivity index (χ1) is 8.42. The number of rotatable bonds is 2. The van der Waals surface area contributed by atoms with E-state index < -0.39 is 0 Å². The summed E-state index contributed by atoms with van der Waals surface area (Å²) >= 11 is 0. The number of hydrogen-bond acceptors (Lipinski definition) is 4. The maximum atomic E-state index is 5.66. The van der Waals surface area contributed by atoms with Gasteiger partial charge in [-0.3, -0.25) is 0 Å². The van der Waals surface area contributed by atoms with E-state index in [1.165, 1.54) is 19.3 Å². The maximum absolute atomic E-state index is 5.66. The lowest BCUT2D eigenvalue weighted by Crippen LogP contribution is -2.25. The first-order valence-corrected chi connectivity index (χ1v) is 6.74. The summed E-state index contributed by atoms with van der Waals surface area (Å²) in [5.74, 6) is 2.69. The largest absolute Gasteiger partial charge is 0.370 e. The van der Waals surface area contributed by atoms with Gasteiger partial charge in [-0.25, -0.2) is 4.68 Å². The van der Waals surface area contributed by atoms with Gasteiger partial charge in [-0.2, -0.15) is 10.1 Å². The molecule has 2 atom stereocenters. The fourth-order valence-electron chi connectivity index (χ4n) is 2.98. The van der Waals surface area contributed by atoms with Crippen LogP contribution in [0.3, 0.4) is 0 Å². The Balaban J connectivity index is 1.66. The molecule has 4 rings (SSSR count). The molecule has 0 bridgehead atoms. The van der Waals surface area contributed by atoms with Crippen molar-refractivity contribution in [2.75, 3.05) is 18.5 Å². The van der Waals surface area contributed by atoms with Crippen LogP contribution in [0.25, 0.3) is 0 Å². The molecular formula is C12H18N4O. The van der Waals surface area contributed by atoms with Crippen molar-refractivity contribution in [2.45, 2.75) is 44.2 Å². The third-order valence-electron chi connectivity index (χ3n) is 4.07. The van der Waals surface area contributed by atoms with Gasteiger partial charge < -0.3 is 10.1 Å². The molecule has 2 fully saturated rings. The Morgan fingerprint density at radius 3 is 2.94 bits per heavy atom. The van der Waals surface area contributed by atoms with Gasteiger partial charge in [-0.05, 0) is 38.0 Å². The Hall–Kier alpha value is -1.10. The summed E-state index contributed by atoms with van der Waals surface area (Å²) in [6.07, 6.45) is 6.24. The number of hydrogen-bond donors (Lipinski definition) is 1. The van der Waals surface area contributed by atoms with Crippen molar-refractivity contribution in [3.05, 3.63) is 5.82 Å². The first-order valence-electron chi connectivity index (χ1n) is 6.74. The van der Waals surface area contributed by atoms with Gasteiger partial charge in [-0.1, -0.05) is 0 Å². The Kier molecular flexibility index (Phi) is 2.15. The Morgan fingerprint density at radius 1 is 1.24 bits per heavy atom. The van der Waals surface area contributed by atoms with Crippen molar-refractivity contribution in [2.24, 2.45) is 5.92 Å². The van der Waals surface area contributed by atoms with Gasteiger partial charge in [0.05, 0.1) is 6.04 Å². The molecule has 3 aliphatic rings. The summed E-state index contributed by atoms with van der Waals surface area (Å²) in [5.41, 5.74) is 0. The predicted molar refractivity (Wildman–Crippen MR) is 62.8 cm³/mol. The zero-order valence-corrected chi connectivity index (χ0v) is 9.93. The lowest BCUT2D eigenvalue weighted by Gasteiger charge is -2.23. The van der Waals surface area contributed by atoms with E-state index in [2.05, 4.69) is 15.0 Å². The van der Waals surface area contributed by atoms with Crippen molar-refractivity contribution in [3.8, 4) is 0 Å². The van der Waals surface area contributed by atoms with Crippen LogP contribution in [-0.4, -0.2) is 27.9 Å². The van der Waals surface area contributed by atoms with Crippen molar-refractivity contribution >= 4 is 5.95 Å². The molecule has 17 heavy (non-hydrogen) atoms. The molecule has 3 heterocycles. The first kappa shape index (κ1) is 9.88. The third kappa shape index (κ3) is 1.64. The van der Waals surface area contributed by atoms with Crippen LogP contribution in [0.15, 0.2) is 0 Å². The average Bonchev–Trinajstić information content (AvgIpc) is 2.91. The molecule has 1 aliphatic carbocycles. The molecule has 0 amide bonds. The summed E-state index contributed by atoms with van der Waals surface area (Å²) in [6.45, 7) is 1.89. The molecule has 2 unspecified atom stereocenters. The second kappa shape index (κ2) is 3.70. The van der Waals surface area contributed by atoms with Gasteiger partial charge in [0.25, 0.3) is 0 Å². The SMILES string of the molecule is C1COC(c2nc3n(n2)C(C2CC2)CCN3)C1. The Labute approximate surface area is 101 Å². The standard InChI is InChI=1S/C12H18N4O/c1-2-10(17-7-1)11-14-12-13-6-5-9(8-3-4-8)16(12)15-11/h8-10H,1-7H2,(H,13,14,15). The molecule has 1 aromatic heterocycles. The molecule has 1 aromatic rings. The summed E-state index contributed by atoms with van der Waals surface area (Å²) < 4.78 is 7.79. The van der Waals surface area contributed by atoms with Gasteiger partial charge in [0, 0.05) is 13.2 Å². The summed E-state index contributed by atoms with van der Waals surface area (Å²) in [6, 6.07) is 0.578. The second-order valence-electron chi connectivity index (χ2n) is 5.36. The highest BCUT2D eigenvalue weighted by Gasteiger charge is 2.37. The number of anilines is 1. The van der Waals surface area contributed by atoms with Crippen LogP contribution in [0, 0.1) is 5.92 Å². The topological polar surface area (TPSA) is 52.0 Å². The molecule has 1 saturated carbocycles. The van der Waals surface area contributed by atoms with E-state index in [1.54, 1.807) is 0 Å². The van der Waals surface area contributed by atoms with Gasteiger partial charge in [0.2, 0.25) is 5.95 Å². The lowest BCUT2D eigenvalue weighted by molar-refractivity contribution is 0.104. The number of aromatic nitrogens is 3. The van der Waals surface area contributed by atoms with Gasteiger partial charge in [-0.15, -0.1) is 0 Å². The molecule has 0 aromatic carbocycles. The zero-order valence-electron chi connectivity index (χ0n) is 9.93. The third-order valence-corrected chi connectivity index (χ3v) is 4.07. The molecule has 5 nitrogen and oxygen atoms in total. The Morgan fingerprint density at radius 2 is 2.18 bits per heavy atom. The maximum Gasteiger partial charge on any atom is 0.221 e. The molecule has 92 valence electrons. The van der Waals surface area contributed by atoms with Crippen LogP contribution < -0.4 is 5.32 Å². The predicted octanol–water partition coefficient (Wildman–Crippen LogP) is 1.90. The monoisotopic (exact) mass is 234 g/mol. The Bertz CT molecular complexity index is 420. The van der Waals surface area contributed by atoms with Crippen LogP contribution in [0.2, 0.25) is 0 Å². The summed E-state index contributed by atoms with van der Waals surface area (Å²) in [5, 5.41) is 8.05. The fourth-order valence-corrected chi connectivity index (χ4v) is 2.98. The minimum Gasteiger partial charge on any atom is -0.370 e. The van der Waals surface area contributed by atoms with Gasteiger partial charge in [0.15, 0.2) is 5.82 Å². The zero-order chi connectivity index (χ0) is 11.2. The molecular weight excluding hydrogens is 216 g/mol. The van der Waals surface area contributed by atoms with Crippen molar-refractivity contribution in [3.63, 3.8) is 0 Å². The molecule has 1 N–H and O–H groups in total. The van der Waals surface area contributed by atoms with Crippen molar-refractivity contribution in [1.82, 2.24) is 14.8 Å². The second-order valence-corrected chi connectivity index (χ2v) is 5.36. The quantitative estimate of drug-likeness (QED) is 0.849. The van der Waals surface area contributed by atoms with E-state index in [0.717, 1.165) is 43.7 Å². The normalized spacial score (nSPS) is 32.2. The highest BCUT2D eigenvalue weighted by molar-refractivity contribution is 5.29. The highest BCUT2D eigenvalue weighted by atomic mass is 16.5. The average molecular weight is 234 g/mol. The number of ether oxygens (including phenoxy) is 1. The molecule has 0 radical (unpaired) electrons. The highest BCUT2D eigenvalue weighted by Crippen LogP contribution is 2.44. The van der Waals surface area contributed by atoms with E-state index >= 15 is 0 Å². The van der Waals surface area contributed by atoms with E-state index in [1.807, 2.05) is 0 Å². The summed E-state index contributed by atoms with van der Waals surface area (Å²) in [4.78, 5) is 4.61. The van der Waals surface area contributed by atoms with Gasteiger partial charge in [0.1, 0.15) is 6.10 Å². The minimum atomic E-state index is 0.134. The smallest absolute Gasteiger partial charge is 0.221 e. The minimum absolute atomic E-state index is 0.134. The molecule has 1 saturated heterocycles. The van der Waals surface area contributed by atoms with E-state index in [9.17, 15) is 0 Å². The molecule has 2 aliphatic heterocycles. The fraction of sp³-hybridized carbons (Fsp3) is 0.833. The van der Waals surface area contributed by atoms with Crippen LogP contribution in [-0.2, 0) is 4.74 Å². The van der Waals surface area contributed by atoms with Crippen LogP contribution >= 0.6 is 0 Å². The van der Waals surface area contributed by atoms with E-state index in [-0.39, 0.29) is 6.10 Å². The van der Waals surface area contributed by atoms with Crippen molar-refractivity contribution in [1.29, 1.82) is 0 Å². The molecule has 0 spiro atoms. The lowest BCUT2D eigenvalue weighted by atomic mass is 10.1. The van der Waals surface area contributed by atoms with Crippen LogP contribution in [0.5, 0.6) is 0 Å². The summed E-state index contributed by atoms with van der Waals surface area (Å²) in [7, 11) is 0.